The lowest BCUT2D eigenvalue weighted by Gasteiger charge is -2.32. The highest BCUT2D eigenvalue weighted by Crippen LogP contribution is 2.24. The second-order valence-electron chi connectivity index (χ2n) is 9.58. The largest absolute Gasteiger partial charge is 0.306 e. The lowest BCUT2D eigenvalue weighted by Crippen LogP contribution is -2.36. The minimum Gasteiger partial charge on any atom is -0.306 e. The van der Waals surface area contributed by atoms with Gasteiger partial charge < -0.3 is 4.57 Å². The van der Waals surface area contributed by atoms with Crippen molar-refractivity contribution in [1.82, 2.24) is 23.8 Å². The summed E-state index contributed by atoms with van der Waals surface area (Å²) in [7, 11) is 8.18. The molecule has 0 amide bonds. The summed E-state index contributed by atoms with van der Waals surface area (Å²) in [5.41, 5.74) is 4.50. The van der Waals surface area contributed by atoms with Gasteiger partial charge in [0.25, 0.3) is 5.56 Å². The highest BCUT2D eigenvalue weighted by atomic mass is 16.1. The van der Waals surface area contributed by atoms with E-state index in [-0.39, 0.29) is 5.56 Å². The molecule has 6 nitrogen and oxygen atoms in total. The zero-order valence-corrected chi connectivity index (χ0v) is 20.4. The van der Waals surface area contributed by atoms with Crippen LogP contribution < -0.4 is 11.0 Å². The van der Waals surface area contributed by atoms with Crippen LogP contribution in [0.3, 0.4) is 0 Å². The molecule has 5 rings (SSSR count). The first kappa shape index (κ1) is 23.4. The van der Waals surface area contributed by atoms with Crippen molar-refractivity contribution in [1.29, 1.82) is 0 Å². The SMILES string of the molecule is [B]c1c(CN2CCC(CCCc3ccc(-n4ccnc4)cc3)CC2)n(C)n(-c2ccccc2)c1=O. The van der Waals surface area contributed by atoms with Gasteiger partial charge in [-0.05, 0) is 80.0 Å². The number of aromatic nitrogens is 4. The molecule has 1 fully saturated rings. The van der Waals surface area contributed by atoms with E-state index in [0.29, 0.717) is 12.0 Å². The van der Waals surface area contributed by atoms with E-state index < -0.39 is 0 Å². The lowest BCUT2D eigenvalue weighted by atomic mass is 9.90. The van der Waals surface area contributed by atoms with Crippen LogP contribution in [0.25, 0.3) is 11.4 Å². The summed E-state index contributed by atoms with van der Waals surface area (Å²) in [5.74, 6) is 0.770. The molecule has 0 unspecified atom stereocenters. The van der Waals surface area contributed by atoms with Crippen molar-refractivity contribution < 1.29 is 0 Å². The topological polar surface area (TPSA) is 48.0 Å². The monoisotopic (exact) mass is 465 g/mol. The summed E-state index contributed by atoms with van der Waals surface area (Å²) in [6.45, 7) is 2.82. The lowest BCUT2D eigenvalue weighted by molar-refractivity contribution is 0.167. The molecule has 2 aromatic carbocycles. The Hall–Kier alpha value is -3.32. The number of likely N-dealkylation sites (tertiary alicyclic amines) is 1. The molecule has 0 spiro atoms. The van der Waals surface area contributed by atoms with Crippen molar-refractivity contribution >= 4 is 13.3 Å². The van der Waals surface area contributed by atoms with Crippen molar-refractivity contribution in [2.75, 3.05) is 13.1 Å². The molecule has 0 N–H and O–H groups in total. The van der Waals surface area contributed by atoms with Crippen LogP contribution in [0.2, 0.25) is 0 Å². The average Bonchev–Trinajstić information content (AvgIpc) is 3.50. The number of rotatable bonds is 8. The Morgan fingerprint density at radius 2 is 1.74 bits per heavy atom. The highest BCUT2D eigenvalue weighted by molar-refractivity contribution is 6.32. The molecular weight excluding hydrogens is 433 g/mol. The summed E-state index contributed by atoms with van der Waals surface area (Å²) < 4.78 is 5.61. The van der Waals surface area contributed by atoms with Crippen LogP contribution >= 0.6 is 0 Å². The first-order chi connectivity index (χ1) is 17.1. The molecule has 0 bridgehead atoms. The molecular formula is C28H32BN5O. The predicted molar refractivity (Wildman–Crippen MR) is 141 cm³/mol. The fourth-order valence-corrected chi connectivity index (χ4v) is 5.20. The van der Waals surface area contributed by atoms with E-state index >= 15 is 0 Å². The first-order valence-corrected chi connectivity index (χ1v) is 12.5. The Kier molecular flexibility index (Phi) is 7.05. The molecule has 0 saturated carbocycles. The van der Waals surface area contributed by atoms with Crippen molar-refractivity contribution in [3.05, 3.63) is 94.9 Å². The Labute approximate surface area is 208 Å². The Bertz CT molecular complexity index is 1280. The smallest absolute Gasteiger partial charge is 0.264 e. The van der Waals surface area contributed by atoms with Gasteiger partial charge in [0, 0.05) is 37.4 Å². The predicted octanol–water partition coefficient (Wildman–Crippen LogP) is 3.39. The minimum atomic E-state index is -0.137. The number of benzene rings is 2. The van der Waals surface area contributed by atoms with E-state index in [1.54, 1.807) is 10.9 Å². The molecule has 1 aliphatic heterocycles. The molecule has 2 aromatic heterocycles. The van der Waals surface area contributed by atoms with Gasteiger partial charge >= 0.3 is 0 Å². The van der Waals surface area contributed by atoms with Crippen LogP contribution in [0.15, 0.2) is 78.1 Å². The van der Waals surface area contributed by atoms with Gasteiger partial charge in [0.1, 0.15) is 7.85 Å². The summed E-state index contributed by atoms with van der Waals surface area (Å²) in [6, 6.07) is 18.5. The summed E-state index contributed by atoms with van der Waals surface area (Å²) in [4.78, 5) is 19.4. The number of para-hydroxylation sites is 1. The fraction of sp³-hybridized carbons (Fsp3) is 0.357. The number of hydrogen-bond acceptors (Lipinski definition) is 3. The maximum absolute atomic E-state index is 12.8. The van der Waals surface area contributed by atoms with Gasteiger partial charge in [0.05, 0.1) is 12.0 Å². The molecule has 0 aliphatic carbocycles. The van der Waals surface area contributed by atoms with Crippen LogP contribution in [0.5, 0.6) is 0 Å². The molecule has 1 saturated heterocycles. The quantitative estimate of drug-likeness (QED) is 0.375. The van der Waals surface area contributed by atoms with Crippen molar-refractivity contribution in [3.63, 3.8) is 0 Å². The molecule has 0 atom stereocenters. The summed E-state index contributed by atoms with van der Waals surface area (Å²) in [6.07, 6.45) is 11.6. The number of aryl methyl sites for hydroxylation is 1. The second kappa shape index (κ2) is 10.5. The van der Waals surface area contributed by atoms with Crippen molar-refractivity contribution in [3.8, 4) is 11.4 Å². The maximum Gasteiger partial charge on any atom is 0.264 e. The van der Waals surface area contributed by atoms with Gasteiger partial charge in [0.2, 0.25) is 0 Å². The first-order valence-electron chi connectivity index (χ1n) is 12.5. The molecule has 3 heterocycles. The molecule has 4 aromatic rings. The van der Waals surface area contributed by atoms with E-state index in [1.165, 1.54) is 31.2 Å². The fourth-order valence-electron chi connectivity index (χ4n) is 5.20. The van der Waals surface area contributed by atoms with Crippen molar-refractivity contribution in [2.45, 2.75) is 38.6 Å². The van der Waals surface area contributed by atoms with Crippen LogP contribution in [-0.4, -0.2) is 44.8 Å². The molecule has 178 valence electrons. The number of nitrogens with zero attached hydrogens (tertiary/aromatic N) is 5. The number of imidazole rings is 1. The van der Waals surface area contributed by atoms with Gasteiger partial charge in [-0.3, -0.25) is 14.4 Å². The Morgan fingerprint density at radius 3 is 2.43 bits per heavy atom. The molecule has 1 aliphatic rings. The maximum atomic E-state index is 12.8. The highest BCUT2D eigenvalue weighted by Gasteiger charge is 2.22. The van der Waals surface area contributed by atoms with Crippen molar-refractivity contribution in [2.24, 2.45) is 13.0 Å². The third-order valence-electron chi connectivity index (χ3n) is 7.32. The van der Waals surface area contributed by atoms with E-state index in [9.17, 15) is 4.79 Å². The third kappa shape index (κ3) is 5.20. The normalized spacial score (nSPS) is 15.0. The molecule has 7 heteroatoms. The minimum absolute atomic E-state index is 0.137. The molecule has 2 radical (unpaired) electrons. The van der Waals surface area contributed by atoms with Gasteiger partial charge in [-0.15, -0.1) is 0 Å². The number of hydrogen-bond donors (Lipinski definition) is 0. The zero-order chi connectivity index (χ0) is 24.2. The van der Waals surface area contributed by atoms with E-state index in [1.807, 2.05) is 59.2 Å². The third-order valence-corrected chi connectivity index (χ3v) is 7.32. The van der Waals surface area contributed by atoms with E-state index in [2.05, 4.69) is 34.1 Å². The number of piperidine rings is 1. The second-order valence-corrected chi connectivity index (χ2v) is 9.58. The zero-order valence-electron chi connectivity index (χ0n) is 20.4. The Balaban J connectivity index is 1.11. The summed E-state index contributed by atoms with van der Waals surface area (Å²) in [5, 5.41) is 0. The van der Waals surface area contributed by atoms with Gasteiger partial charge in [-0.25, -0.2) is 9.67 Å². The van der Waals surface area contributed by atoms with Crippen LogP contribution in [-0.2, 0) is 20.0 Å². The van der Waals surface area contributed by atoms with Gasteiger partial charge in [-0.2, -0.15) is 0 Å². The molecule has 35 heavy (non-hydrogen) atoms. The van der Waals surface area contributed by atoms with Crippen LogP contribution in [0, 0.1) is 5.92 Å². The van der Waals surface area contributed by atoms with E-state index in [0.717, 1.165) is 42.5 Å². The Morgan fingerprint density at radius 1 is 1.00 bits per heavy atom. The van der Waals surface area contributed by atoms with E-state index in [4.69, 9.17) is 7.85 Å². The summed E-state index contributed by atoms with van der Waals surface area (Å²) >= 11 is 0. The van der Waals surface area contributed by atoms with Crippen LogP contribution in [0.4, 0.5) is 0 Å². The average molecular weight is 465 g/mol. The van der Waals surface area contributed by atoms with Gasteiger partial charge in [-0.1, -0.05) is 36.8 Å². The van der Waals surface area contributed by atoms with Crippen LogP contribution in [0.1, 0.15) is 36.9 Å². The standard InChI is InChI=1S/C28H32BN5O/c1-31-26(27(29)28(35)34(31)25-8-3-2-4-9-25)20-32-17-14-23(15-18-32)7-5-6-22-10-12-24(13-11-22)33-19-16-30-21-33/h2-4,8-13,16,19,21,23H,5-7,14-15,17-18,20H2,1H3. The van der Waals surface area contributed by atoms with Gasteiger partial charge in [0.15, 0.2) is 0 Å².